The molecule has 2 heterocycles. The lowest BCUT2D eigenvalue weighted by Gasteiger charge is -2.14. The number of benzene rings is 2. The van der Waals surface area contributed by atoms with Crippen molar-refractivity contribution in [2.75, 3.05) is 0 Å². The van der Waals surface area contributed by atoms with Gasteiger partial charge in [-0.05, 0) is 36.8 Å². The summed E-state index contributed by atoms with van der Waals surface area (Å²) in [5.41, 5.74) is 3.45. The van der Waals surface area contributed by atoms with Crippen LogP contribution in [0.1, 0.15) is 28.8 Å². The van der Waals surface area contributed by atoms with Gasteiger partial charge in [0.1, 0.15) is 10.7 Å². The Hall–Kier alpha value is -2.72. The lowest BCUT2D eigenvalue weighted by atomic mass is 9.97. The van der Waals surface area contributed by atoms with Gasteiger partial charge >= 0.3 is 0 Å². The lowest BCUT2D eigenvalue weighted by molar-refractivity contribution is 0.698. The van der Waals surface area contributed by atoms with Gasteiger partial charge in [0, 0.05) is 10.4 Å². The van der Waals surface area contributed by atoms with E-state index in [0.29, 0.717) is 6.54 Å². The summed E-state index contributed by atoms with van der Waals surface area (Å²) in [6.07, 6.45) is 4.46. The molecular weight excluding hydrogens is 352 g/mol. The minimum Gasteiger partial charge on any atom is -0.288 e. The first kappa shape index (κ1) is 16.5. The van der Waals surface area contributed by atoms with E-state index < -0.39 is 0 Å². The van der Waals surface area contributed by atoms with Crippen molar-refractivity contribution >= 4 is 21.6 Å². The normalized spacial score (nSPS) is 13.6. The van der Waals surface area contributed by atoms with E-state index >= 15 is 0 Å². The van der Waals surface area contributed by atoms with Gasteiger partial charge in [0.2, 0.25) is 0 Å². The number of fused-ring (bicyclic) bond motifs is 3. The highest BCUT2D eigenvalue weighted by molar-refractivity contribution is 7.18. The third-order valence-corrected chi connectivity index (χ3v) is 6.48. The van der Waals surface area contributed by atoms with Gasteiger partial charge in [-0.2, -0.15) is 0 Å². The Bertz CT molecular complexity index is 1160. The minimum absolute atomic E-state index is 0.0992. The molecule has 2 aromatic heterocycles. The van der Waals surface area contributed by atoms with E-state index in [0.717, 1.165) is 46.4 Å². The Morgan fingerprint density at radius 1 is 0.926 bits per heavy atom. The first-order valence-corrected chi connectivity index (χ1v) is 10.3. The van der Waals surface area contributed by atoms with E-state index in [4.69, 9.17) is 4.98 Å². The SMILES string of the molecule is O=c1c2c3c(sc2nc(-c2ccccc2)n1Cc1ccccc1)CCCC3. The van der Waals surface area contributed by atoms with Gasteiger partial charge in [-0.3, -0.25) is 9.36 Å². The average molecular weight is 372 g/mol. The second-order valence-corrected chi connectivity index (χ2v) is 8.15. The number of hydrogen-bond donors (Lipinski definition) is 0. The van der Waals surface area contributed by atoms with Crippen molar-refractivity contribution in [2.45, 2.75) is 32.2 Å². The van der Waals surface area contributed by atoms with Crippen LogP contribution in [0.15, 0.2) is 65.5 Å². The molecule has 0 aliphatic heterocycles. The fourth-order valence-corrected chi connectivity index (χ4v) is 5.21. The molecule has 4 aromatic rings. The van der Waals surface area contributed by atoms with Crippen LogP contribution in [0, 0.1) is 0 Å². The molecule has 0 saturated heterocycles. The molecule has 0 N–H and O–H groups in total. The predicted molar refractivity (Wildman–Crippen MR) is 112 cm³/mol. The molecule has 0 amide bonds. The third-order valence-electron chi connectivity index (χ3n) is 5.29. The highest BCUT2D eigenvalue weighted by Crippen LogP contribution is 2.34. The van der Waals surface area contributed by atoms with E-state index in [9.17, 15) is 4.79 Å². The average Bonchev–Trinajstić information content (AvgIpc) is 3.10. The Balaban J connectivity index is 1.78. The number of rotatable bonds is 3. The van der Waals surface area contributed by atoms with E-state index in [1.54, 1.807) is 11.3 Å². The predicted octanol–water partition coefficient (Wildman–Crippen LogP) is 5.05. The Morgan fingerprint density at radius 3 is 2.41 bits per heavy atom. The summed E-state index contributed by atoms with van der Waals surface area (Å²) in [6.45, 7) is 0.539. The van der Waals surface area contributed by atoms with Crippen LogP contribution in [-0.4, -0.2) is 9.55 Å². The van der Waals surface area contributed by atoms with Crippen LogP contribution in [-0.2, 0) is 19.4 Å². The molecule has 3 nitrogen and oxygen atoms in total. The zero-order chi connectivity index (χ0) is 18.2. The van der Waals surface area contributed by atoms with Crippen LogP contribution in [0.5, 0.6) is 0 Å². The highest BCUT2D eigenvalue weighted by atomic mass is 32.1. The summed E-state index contributed by atoms with van der Waals surface area (Å²) in [7, 11) is 0. The van der Waals surface area contributed by atoms with Crippen molar-refractivity contribution in [1.82, 2.24) is 9.55 Å². The van der Waals surface area contributed by atoms with Gasteiger partial charge < -0.3 is 0 Å². The Morgan fingerprint density at radius 2 is 1.63 bits per heavy atom. The third kappa shape index (κ3) is 2.90. The smallest absolute Gasteiger partial charge is 0.263 e. The summed E-state index contributed by atoms with van der Waals surface area (Å²) >= 11 is 1.71. The largest absolute Gasteiger partial charge is 0.288 e. The van der Waals surface area contributed by atoms with Gasteiger partial charge in [0.05, 0.1) is 11.9 Å². The van der Waals surface area contributed by atoms with Crippen molar-refractivity contribution in [2.24, 2.45) is 0 Å². The molecule has 0 fully saturated rings. The maximum Gasteiger partial charge on any atom is 0.263 e. The lowest BCUT2D eigenvalue weighted by Crippen LogP contribution is -2.24. The summed E-state index contributed by atoms with van der Waals surface area (Å²) in [5, 5.41) is 0.852. The summed E-state index contributed by atoms with van der Waals surface area (Å²) in [6, 6.07) is 20.2. The van der Waals surface area contributed by atoms with Crippen molar-refractivity contribution in [3.8, 4) is 11.4 Å². The molecule has 0 radical (unpaired) electrons. The molecule has 0 saturated carbocycles. The van der Waals surface area contributed by atoms with E-state index in [-0.39, 0.29) is 5.56 Å². The topological polar surface area (TPSA) is 34.9 Å². The van der Waals surface area contributed by atoms with Crippen LogP contribution >= 0.6 is 11.3 Å². The van der Waals surface area contributed by atoms with Crippen LogP contribution < -0.4 is 5.56 Å². The van der Waals surface area contributed by atoms with Crippen LogP contribution in [0.25, 0.3) is 21.6 Å². The fraction of sp³-hybridized carbons (Fsp3) is 0.217. The molecule has 0 bridgehead atoms. The molecule has 4 heteroatoms. The molecule has 0 spiro atoms. The van der Waals surface area contributed by atoms with Gasteiger partial charge in [0.25, 0.3) is 5.56 Å². The van der Waals surface area contributed by atoms with Crippen molar-refractivity contribution in [3.63, 3.8) is 0 Å². The molecule has 0 unspecified atom stereocenters. The summed E-state index contributed by atoms with van der Waals surface area (Å²) in [5.74, 6) is 0.760. The van der Waals surface area contributed by atoms with Crippen molar-refractivity contribution < 1.29 is 0 Å². The number of nitrogens with zero attached hydrogens (tertiary/aromatic N) is 2. The molecule has 27 heavy (non-hydrogen) atoms. The van der Waals surface area contributed by atoms with Gasteiger partial charge in [0.15, 0.2) is 0 Å². The van der Waals surface area contributed by atoms with E-state index in [1.807, 2.05) is 53.1 Å². The molecular formula is C23H20N2OS. The molecule has 5 rings (SSSR count). The van der Waals surface area contributed by atoms with Crippen LogP contribution in [0.4, 0.5) is 0 Å². The first-order valence-electron chi connectivity index (χ1n) is 9.46. The first-order chi connectivity index (χ1) is 13.3. The molecule has 1 aliphatic carbocycles. The Kier molecular flexibility index (Phi) is 4.13. The number of aromatic nitrogens is 2. The van der Waals surface area contributed by atoms with Crippen molar-refractivity contribution in [3.05, 3.63) is 87.0 Å². The van der Waals surface area contributed by atoms with Gasteiger partial charge in [-0.25, -0.2) is 4.98 Å². The molecule has 134 valence electrons. The quantitative estimate of drug-likeness (QED) is 0.504. The zero-order valence-corrected chi connectivity index (χ0v) is 15.8. The monoisotopic (exact) mass is 372 g/mol. The van der Waals surface area contributed by atoms with Crippen LogP contribution in [0.2, 0.25) is 0 Å². The number of thiophene rings is 1. The maximum atomic E-state index is 13.6. The summed E-state index contributed by atoms with van der Waals surface area (Å²) in [4.78, 5) is 20.8. The van der Waals surface area contributed by atoms with E-state index in [1.165, 1.54) is 16.9 Å². The second-order valence-electron chi connectivity index (χ2n) is 7.07. The molecule has 1 aliphatic rings. The van der Waals surface area contributed by atoms with E-state index in [2.05, 4.69) is 12.1 Å². The zero-order valence-electron chi connectivity index (χ0n) is 15.0. The molecule has 0 atom stereocenters. The van der Waals surface area contributed by atoms with Gasteiger partial charge in [-0.15, -0.1) is 11.3 Å². The number of hydrogen-bond acceptors (Lipinski definition) is 3. The summed E-state index contributed by atoms with van der Waals surface area (Å²) < 4.78 is 1.86. The fourth-order valence-electron chi connectivity index (χ4n) is 3.96. The maximum absolute atomic E-state index is 13.6. The molecule has 2 aromatic carbocycles. The second kappa shape index (κ2) is 6.78. The Labute approximate surface area is 161 Å². The van der Waals surface area contributed by atoms with Crippen molar-refractivity contribution in [1.29, 1.82) is 0 Å². The van der Waals surface area contributed by atoms with Gasteiger partial charge in [-0.1, -0.05) is 60.7 Å². The minimum atomic E-state index is 0.0992. The standard InChI is InChI=1S/C23H20N2OS/c26-23-20-18-13-7-8-14-19(18)27-22(20)24-21(17-11-5-2-6-12-17)25(23)15-16-9-3-1-4-10-16/h1-6,9-12H,7-8,13-15H2. The highest BCUT2D eigenvalue weighted by Gasteiger charge is 2.22. The van der Waals surface area contributed by atoms with Crippen LogP contribution in [0.3, 0.4) is 0 Å². The number of aryl methyl sites for hydroxylation is 2.